The SMILES string of the molecule is Nc1cc(C2CNC(=O)C2)cc(C(F)(F)F)c1. The molecule has 0 bridgehead atoms. The summed E-state index contributed by atoms with van der Waals surface area (Å²) >= 11 is 0. The number of alkyl halides is 3. The highest BCUT2D eigenvalue weighted by molar-refractivity contribution is 5.79. The van der Waals surface area contributed by atoms with Gasteiger partial charge >= 0.3 is 6.18 Å². The van der Waals surface area contributed by atoms with Gasteiger partial charge in [-0.05, 0) is 23.8 Å². The number of benzene rings is 1. The molecule has 0 spiro atoms. The summed E-state index contributed by atoms with van der Waals surface area (Å²) in [6, 6.07) is 3.44. The van der Waals surface area contributed by atoms with Gasteiger partial charge in [-0.1, -0.05) is 0 Å². The van der Waals surface area contributed by atoms with E-state index in [0.717, 1.165) is 12.1 Å². The van der Waals surface area contributed by atoms with E-state index in [4.69, 9.17) is 5.73 Å². The average molecular weight is 244 g/mol. The zero-order chi connectivity index (χ0) is 12.6. The predicted molar refractivity (Wildman–Crippen MR) is 56.2 cm³/mol. The minimum absolute atomic E-state index is 0.0640. The molecule has 1 amide bonds. The van der Waals surface area contributed by atoms with E-state index in [1.165, 1.54) is 6.07 Å². The molecule has 1 aliphatic heterocycles. The Kier molecular flexibility index (Phi) is 2.73. The van der Waals surface area contributed by atoms with Crippen LogP contribution in [0.15, 0.2) is 18.2 Å². The minimum Gasteiger partial charge on any atom is -0.399 e. The van der Waals surface area contributed by atoms with Crippen LogP contribution in [0.3, 0.4) is 0 Å². The van der Waals surface area contributed by atoms with Gasteiger partial charge in [0.2, 0.25) is 5.91 Å². The minimum atomic E-state index is -4.42. The van der Waals surface area contributed by atoms with Crippen LogP contribution in [0, 0.1) is 0 Å². The first kappa shape index (κ1) is 11.8. The number of anilines is 1. The van der Waals surface area contributed by atoms with Crippen LogP contribution in [0.25, 0.3) is 0 Å². The van der Waals surface area contributed by atoms with E-state index in [9.17, 15) is 18.0 Å². The van der Waals surface area contributed by atoms with Gasteiger partial charge in [-0.25, -0.2) is 0 Å². The Morgan fingerprint density at radius 1 is 1.29 bits per heavy atom. The van der Waals surface area contributed by atoms with Crippen LogP contribution in [-0.2, 0) is 11.0 Å². The summed E-state index contributed by atoms with van der Waals surface area (Å²) in [7, 11) is 0. The van der Waals surface area contributed by atoms with Crippen LogP contribution in [0.1, 0.15) is 23.5 Å². The first-order chi connectivity index (χ1) is 7.86. The fourth-order valence-corrected chi connectivity index (χ4v) is 1.92. The Labute approximate surface area is 95.8 Å². The first-order valence-corrected chi connectivity index (χ1v) is 5.10. The fraction of sp³-hybridized carbons (Fsp3) is 0.364. The number of halogens is 3. The number of hydrogen-bond donors (Lipinski definition) is 2. The number of amides is 1. The molecule has 2 rings (SSSR count). The van der Waals surface area contributed by atoms with Gasteiger partial charge in [0, 0.05) is 24.6 Å². The van der Waals surface area contributed by atoms with Crippen molar-refractivity contribution in [1.82, 2.24) is 5.32 Å². The van der Waals surface area contributed by atoms with Crippen molar-refractivity contribution in [2.75, 3.05) is 12.3 Å². The van der Waals surface area contributed by atoms with Gasteiger partial charge < -0.3 is 11.1 Å². The maximum Gasteiger partial charge on any atom is 0.416 e. The monoisotopic (exact) mass is 244 g/mol. The second-order valence-electron chi connectivity index (χ2n) is 4.09. The molecule has 1 aromatic rings. The zero-order valence-electron chi connectivity index (χ0n) is 8.84. The Morgan fingerprint density at radius 2 is 2.00 bits per heavy atom. The average Bonchev–Trinajstić information content (AvgIpc) is 2.62. The number of nitrogens with two attached hydrogens (primary N) is 1. The first-order valence-electron chi connectivity index (χ1n) is 5.10. The molecule has 0 radical (unpaired) electrons. The van der Waals surface area contributed by atoms with Crippen molar-refractivity contribution in [2.45, 2.75) is 18.5 Å². The largest absolute Gasteiger partial charge is 0.416 e. The molecule has 1 fully saturated rings. The Balaban J connectivity index is 2.35. The third-order valence-corrected chi connectivity index (χ3v) is 2.75. The van der Waals surface area contributed by atoms with E-state index in [2.05, 4.69) is 5.32 Å². The van der Waals surface area contributed by atoms with Crippen molar-refractivity contribution in [3.8, 4) is 0 Å². The second-order valence-corrected chi connectivity index (χ2v) is 4.09. The molecule has 1 saturated heterocycles. The number of nitrogen functional groups attached to an aromatic ring is 1. The number of nitrogens with one attached hydrogen (secondary N) is 1. The van der Waals surface area contributed by atoms with Crippen molar-refractivity contribution in [3.05, 3.63) is 29.3 Å². The van der Waals surface area contributed by atoms with E-state index < -0.39 is 11.7 Å². The highest BCUT2D eigenvalue weighted by Gasteiger charge is 2.32. The standard InChI is InChI=1S/C11H11F3N2O/c12-11(13,14)8-1-6(2-9(15)4-8)7-3-10(17)16-5-7/h1-2,4,7H,3,5,15H2,(H,16,17). The number of carbonyl (C=O) groups is 1. The molecule has 6 heteroatoms. The lowest BCUT2D eigenvalue weighted by Gasteiger charge is -2.13. The Hall–Kier alpha value is -1.72. The molecule has 0 aliphatic carbocycles. The summed E-state index contributed by atoms with van der Waals surface area (Å²) in [5, 5.41) is 2.58. The maximum absolute atomic E-state index is 12.6. The molecule has 3 nitrogen and oxygen atoms in total. The molecule has 3 N–H and O–H groups in total. The lowest BCUT2D eigenvalue weighted by Crippen LogP contribution is -2.14. The van der Waals surface area contributed by atoms with Gasteiger partial charge in [-0.3, -0.25) is 4.79 Å². The predicted octanol–water partition coefficient (Wildman–Crippen LogP) is 1.89. The fourth-order valence-electron chi connectivity index (χ4n) is 1.92. The molecular formula is C11H11F3N2O. The summed E-state index contributed by atoms with van der Waals surface area (Å²) in [5.74, 6) is -0.377. The van der Waals surface area contributed by atoms with Crippen molar-refractivity contribution >= 4 is 11.6 Å². The smallest absolute Gasteiger partial charge is 0.399 e. The van der Waals surface area contributed by atoms with Gasteiger partial charge in [0.05, 0.1) is 5.56 Å². The Bertz CT molecular complexity index is 457. The highest BCUT2D eigenvalue weighted by atomic mass is 19.4. The van der Waals surface area contributed by atoms with E-state index >= 15 is 0 Å². The van der Waals surface area contributed by atoms with Crippen molar-refractivity contribution < 1.29 is 18.0 Å². The summed E-state index contributed by atoms with van der Waals surface area (Å²) in [6.45, 7) is 0.361. The van der Waals surface area contributed by atoms with Gasteiger partial charge in [0.25, 0.3) is 0 Å². The van der Waals surface area contributed by atoms with E-state index in [1.54, 1.807) is 0 Å². The third kappa shape index (κ3) is 2.51. The van der Waals surface area contributed by atoms with Gasteiger partial charge in [-0.2, -0.15) is 13.2 Å². The van der Waals surface area contributed by atoms with E-state index in [-0.39, 0.29) is 23.9 Å². The molecule has 1 aliphatic rings. The molecule has 1 heterocycles. The van der Waals surface area contributed by atoms with Crippen LogP contribution < -0.4 is 11.1 Å². The van der Waals surface area contributed by atoms with Crippen LogP contribution in [-0.4, -0.2) is 12.5 Å². The van der Waals surface area contributed by atoms with Crippen molar-refractivity contribution in [3.63, 3.8) is 0 Å². The summed E-state index contributed by atoms with van der Waals surface area (Å²) in [4.78, 5) is 11.0. The quantitative estimate of drug-likeness (QED) is 0.741. The van der Waals surface area contributed by atoms with E-state index in [0.29, 0.717) is 12.1 Å². The Morgan fingerprint density at radius 3 is 2.53 bits per heavy atom. The molecule has 17 heavy (non-hydrogen) atoms. The molecule has 92 valence electrons. The van der Waals surface area contributed by atoms with Crippen LogP contribution in [0.2, 0.25) is 0 Å². The van der Waals surface area contributed by atoms with Crippen LogP contribution >= 0.6 is 0 Å². The summed E-state index contributed by atoms with van der Waals surface area (Å²) < 4.78 is 37.7. The van der Waals surface area contributed by atoms with Crippen LogP contribution in [0.4, 0.5) is 18.9 Å². The lowest BCUT2D eigenvalue weighted by molar-refractivity contribution is -0.137. The van der Waals surface area contributed by atoms with E-state index in [1.807, 2.05) is 0 Å². The van der Waals surface area contributed by atoms with Gasteiger partial charge in [-0.15, -0.1) is 0 Å². The topological polar surface area (TPSA) is 55.1 Å². The lowest BCUT2D eigenvalue weighted by atomic mass is 9.95. The second kappa shape index (κ2) is 3.94. The number of hydrogen-bond acceptors (Lipinski definition) is 2. The number of carbonyl (C=O) groups excluding carboxylic acids is 1. The molecule has 0 aromatic heterocycles. The van der Waals surface area contributed by atoms with Gasteiger partial charge in [0.15, 0.2) is 0 Å². The number of rotatable bonds is 1. The summed E-state index contributed by atoms with van der Waals surface area (Å²) in [6.07, 6.45) is -4.21. The summed E-state index contributed by atoms with van der Waals surface area (Å²) in [5.41, 5.74) is 5.20. The molecular weight excluding hydrogens is 233 g/mol. The normalized spacial score (nSPS) is 20.4. The molecule has 1 unspecified atom stereocenters. The van der Waals surface area contributed by atoms with Crippen molar-refractivity contribution in [1.29, 1.82) is 0 Å². The van der Waals surface area contributed by atoms with Gasteiger partial charge in [0.1, 0.15) is 0 Å². The highest BCUT2D eigenvalue weighted by Crippen LogP contribution is 2.34. The zero-order valence-corrected chi connectivity index (χ0v) is 8.84. The van der Waals surface area contributed by atoms with Crippen molar-refractivity contribution in [2.24, 2.45) is 0 Å². The molecule has 1 aromatic carbocycles. The third-order valence-electron chi connectivity index (χ3n) is 2.75. The maximum atomic E-state index is 12.6. The molecule has 0 saturated carbocycles. The van der Waals surface area contributed by atoms with Crippen LogP contribution in [0.5, 0.6) is 0 Å². The molecule has 1 atom stereocenters.